The van der Waals surface area contributed by atoms with Crippen LogP contribution in [0.4, 0.5) is 0 Å². The number of hydrogen-bond donors (Lipinski definition) is 1. The largest absolute Gasteiger partial charge is 0.350 e. The highest BCUT2D eigenvalue weighted by molar-refractivity contribution is 5.80. The van der Waals surface area contributed by atoms with Gasteiger partial charge in [0.1, 0.15) is 5.78 Å². The van der Waals surface area contributed by atoms with Crippen LogP contribution in [0.1, 0.15) is 50.6 Å². The summed E-state index contributed by atoms with van der Waals surface area (Å²) < 4.78 is 0. The van der Waals surface area contributed by atoms with Gasteiger partial charge in [0.05, 0.1) is 6.04 Å². The van der Waals surface area contributed by atoms with Gasteiger partial charge in [0, 0.05) is 19.3 Å². The van der Waals surface area contributed by atoms with E-state index in [0.29, 0.717) is 31.0 Å². The number of hydrogen-bond acceptors (Lipinski definition) is 2. The zero-order valence-corrected chi connectivity index (χ0v) is 11.4. The zero-order valence-electron chi connectivity index (χ0n) is 11.4. The average Bonchev–Trinajstić information content (AvgIpc) is 2.42. The zero-order chi connectivity index (χ0) is 13.7. The summed E-state index contributed by atoms with van der Waals surface area (Å²) in [5.41, 5.74) is 1.12. The molecule has 0 radical (unpaired) electrons. The van der Waals surface area contributed by atoms with E-state index in [1.54, 1.807) is 0 Å². The summed E-state index contributed by atoms with van der Waals surface area (Å²) in [6.45, 7) is 2.00. The van der Waals surface area contributed by atoms with Gasteiger partial charge in [-0.05, 0) is 31.2 Å². The first-order valence-corrected chi connectivity index (χ1v) is 7.01. The molecule has 1 aliphatic rings. The number of carbonyl (C=O) groups is 2. The minimum Gasteiger partial charge on any atom is -0.350 e. The molecule has 3 nitrogen and oxygen atoms in total. The van der Waals surface area contributed by atoms with E-state index >= 15 is 0 Å². The topological polar surface area (TPSA) is 46.2 Å². The first-order chi connectivity index (χ1) is 9.15. The van der Waals surface area contributed by atoms with Gasteiger partial charge in [-0.1, -0.05) is 30.3 Å². The van der Waals surface area contributed by atoms with Crippen LogP contribution < -0.4 is 5.32 Å². The third-order valence-corrected chi connectivity index (χ3v) is 3.81. The Balaban J connectivity index is 1.79. The van der Waals surface area contributed by atoms with E-state index in [1.807, 2.05) is 37.3 Å². The van der Waals surface area contributed by atoms with Crippen molar-refractivity contribution in [1.29, 1.82) is 0 Å². The average molecular weight is 259 g/mol. The molecule has 1 N–H and O–H groups in total. The lowest BCUT2D eigenvalue weighted by molar-refractivity contribution is -0.125. The smallest absolute Gasteiger partial charge is 0.220 e. The lowest BCUT2D eigenvalue weighted by Crippen LogP contribution is -2.29. The normalized spacial score (nSPS) is 18.1. The highest BCUT2D eigenvalue weighted by Gasteiger charge is 2.21. The molecule has 1 aromatic rings. The van der Waals surface area contributed by atoms with E-state index in [0.717, 1.165) is 18.4 Å². The van der Waals surface area contributed by atoms with Crippen molar-refractivity contribution in [2.24, 2.45) is 5.92 Å². The van der Waals surface area contributed by atoms with Crippen molar-refractivity contribution in [3.63, 3.8) is 0 Å². The molecule has 1 aromatic carbocycles. The van der Waals surface area contributed by atoms with Gasteiger partial charge in [-0.2, -0.15) is 0 Å². The quantitative estimate of drug-likeness (QED) is 0.903. The number of Topliss-reactive ketones (excluding diaryl/α,β-unsaturated/α-hetero) is 1. The lowest BCUT2D eigenvalue weighted by atomic mass is 9.86. The van der Waals surface area contributed by atoms with Crippen molar-refractivity contribution >= 4 is 11.7 Å². The predicted octanol–water partition coefficient (Wildman–Crippen LogP) is 3.01. The molecule has 0 heterocycles. The van der Waals surface area contributed by atoms with Crippen molar-refractivity contribution < 1.29 is 9.59 Å². The van der Waals surface area contributed by atoms with Crippen molar-refractivity contribution in [3.05, 3.63) is 35.9 Å². The van der Waals surface area contributed by atoms with Gasteiger partial charge >= 0.3 is 0 Å². The number of nitrogens with one attached hydrogen (secondary N) is 1. The Morgan fingerprint density at radius 2 is 1.89 bits per heavy atom. The van der Waals surface area contributed by atoms with Gasteiger partial charge in [-0.25, -0.2) is 0 Å². The van der Waals surface area contributed by atoms with Gasteiger partial charge in [-0.3, -0.25) is 9.59 Å². The summed E-state index contributed by atoms with van der Waals surface area (Å²) in [6, 6.07) is 10.00. The predicted molar refractivity (Wildman–Crippen MR) is 74.6 cm³/mol. The Labute approximate surface area is 114 Å². The Bertz CT molecular complexity index is 431. The molecule has 1 aliphatic carbocycles. The van der Waals surface area contributed by atoms with Crippen LogP contribution in [0.5, 0.6) is 0 Å². The van der Waals surface area contributed by atoms with E-state index in [-0.39, 0.29) is 11.9 Å². The summed E-state index contributed by atoms with van der Waals surface area (Å²) in [6.07, 6.45) is 3.57. The summed E-state index contributed by atoms with van der Waals surface area (Å²) in [7, 11) is 0. The lowest BCUT2D eigenvalue weighted by Gasteiger charge is -2.21. The summed E-state index contributed by atoms with van der Waals surface area (Å²) in [5.74, 6) is 0.811. The molecule has 3 heteroatoms. The number of benzene rings is 1. The third kappa shape index (κ3) is 4.19. The van der Waals surface area contributed by atoms with Crippen molar-refractivity contribution in [2.45, 2.75) is 45.1 Å². The van der Waals surface area contributed by atoms with E-state index in [9.17, 15) is 9.59 Å². The molecule has 1 atom stereocenters. The molecule has 0 aromatic heterocycles. The van der Waals surface area contributed by atoms with E-state index in [1.165, 1.54) is 0 Å². The molecule has 19 heavy (non-hydrogen) atoms. The second-order valence-electron chi connectivity index (χ2n) is 5.39. The van der Waals surface area contributed by atoms with Crippen LogP contribution in [0.15, 0.2) is 30.3 Å². The van der Waals surface area contributed by atoms with Crippen LogP contribution in [0.25, 0.3) is 0 Å². The van der Waals surface area contributed by atoms with Gasteiger partial charge in [0.25, 0.3) is 0 Å². The van der Waals surface area contributed by atoms with Gasteiger partial charge in [0.15, 0.2) is 0 Å². The number of rotatable bonds is 4. The molecular formula is C16H21NO2. The fraction of sp³-hybridized carbons (Fsp3) is 0.500. The Hall–Kier alpha value is -1.64. The first kappa shape index (κ1) is 13.8. The molecule has 2 rings (SSSR count). The maximum atomic E-state index is 12.0. The fourth-order valence-corrected chi connectivity index (χ4v) is 2.59. The summed E-state index contributed by atoms with van der Waals surface area (Å²) in [4.78, 5) is 23.1. The van der Waals surface area contributed by atoms with Gasteiger partial charge < -0.3 is 5.32 Å². The second kappa shape index (κ2) is 6.50. The highest BCUT2D eigenvalue weighted by Crippen LogP contribution is 2.24. The van der Waals surface area contributed by atoms with Crippen LogP contribution in [0.3, 0.4) is 0 Å². The molecule has 1 fully saturated rings. The van der Waals surface area contributed by atoms with Gasteiger partial charge in [0.2, 0.25) is 5.91 Å². The minimum absolute atomic E-state index is 0.0407. The number of amides is 1. The Morgan fingerprint density at radius 1 is 1.26 bits per heavy atom. The van der Waals surface area contributed by atoms with Gasteiger partial charge in [-0.15, -0.1) is 0 Å². The highest BCUT2D eigenvalue weighted by atomic mass is 16.1. The van der Waals surface area contributed by atoms with Crippen LogP contribution in [-0.2, 0) is 9.59 Å². The summed E-state index contributed by atoms with van der Waals surface area (Å²) in [5, 5.41) is 3.03. The molecule has 1 amide bonds. The Morgan fingerprint density at radius 3 is 2.53 bits per heavy atom. The molecule has 102 valence electrons. The molecule has 1 saturated carbocycles. The number of ketones is 1. The third-order valence-electron chi connectivity index (χ3n) is 3.81. The minimum atomic E-state index is 0.0407. The fourth-order valence-electron chi connectivity index (χ4n) is 2.59. The van der Waals surface area contributed by atoms with E-state index in [4.69, 9.17) is 0 Å². The van der Waals surface area contributed by atoms with Crippen molar-refractivity contribution in [3.8, 4) is 0 Å². The summed E-state index contributed by atoms with van der Waals surface area (Å²) >= 11 is 0. The molecule has 0 aliphatic heterocycles. The standard InChI is InChI=1S/C16H21NO2/c1-12(14-5-3-2-4-6-14)17-16(19)11-13-7-9-15(18)10-8-13/h2-6,12-13H,7-11H2,1H3,(H,17,19)/t12-/m0/s1. The molecule has 0 saturated heterocycles. The van der Waals surface area contributed by atoms with Crippen molar-refractivity contribution in [2.75, 3.05) is 0 Å². The maximum Gasteiger partial charge on any atom is 0.220 e. The monoisotopic (exact) mass is 259 g/mol. The molecule has 0 bridgehead atoms. The van der Waals surface area contributed by atoms with Crippen LogP contribution in [0.2, 0.25) is 0 Å². The number of carbonyl (C=O) groups excluding carboxylic acids is 2. The van der Waals surface area contributed by atoms with E-state index in [2.05, 4.69) is 5.32 Å². The molecule has 0 unspecified atom stereocenters. The molecule has 0 spiro atoms. The van der Waals surface area contributed by atoms with Crippen LogP contribution in [0, 0.1) is 5.92 Å². The second-order valence-corrected chi connectivity index (χ2v) is 5.39. The van der Waals surface area contributed by atoms with Crippen LogP contribution in [-0.4, -0.2) is 11.7 Å². The van der Waals surface area contributed by atoms with E-state index < -0.39 is 0 Å². The van der Waals surface area contributed by atoms with Crippen LogP contribution >= 0.6 is 0 Å². The maximum absolute atomic E-state index is 12.0. The molecular weight excluding hydrogens is 238 g/mol. The van der Waals surface area contributed by atoms with Crippen molar-refractivity contribution in [1.82, 2.24) is 5.32 Å². The first-order valence-electron chi connectivity index (χ1n) is 7.01. The SMILES string of the molecule is C[C@H](NC(=O)CC1CCC(=O)CC1)c1ccccc1. The Kier molecular flexibility index (Phi) is 4.72.